The van der Waals surface area contributed by atoms with Crippen LogP contribution in [0.2, 0.25) is 0 Å². The SMILES string of the molecule is CCOC(=O)n1cc(NC(=O)[C@@H](O)CN(C=O)c2cccc(-c3cnn(C)c3)c2)nc1C. The van der Waals surface area contributed by atoms with Gasteiger partial charge in [0.05, 0.1) is 25.5 Å². The average molecular weight is 440 g/mol. The smallest absolute Gasteiger partial charge is 0.419 e. The van der Waals surface area contributed by atoms with E-state index in [0.717, 1.165) is 15.7 Å². The summed E-state index contributed by atoms with van der Waals surface area (Å²) in [5.74, 6) is -0.375. The number of imidazole rings is 1. The highest BCUT2D eigenvalue weighted by Crippen LogP contribution is 2.24. The zero-order chi connectivity index (χ0) is 23.3. The molecule has 1 atom stereocenters. The monoisotopic (exact) mass is 440 g/mol. The Labute approximate surface area is 184 Å². The molecule has 11 heteroatoms. The molecule has 2 amide bonds. The van der Waals surface area contributed by atoms with Crippen molar-refractivity contribution in [1.29, 1.82) is 0 Å². The lowest BCUT2D eigenvalue weighted by Gasteiger charge is -2.21. The van der Waals surface area contributed by atoms with Crippen molar-refractivity contribution >= 4 is 29.9 Å². The van der Waals surface area contributed by atoms with E-state index in [1.54, 1.807) is 50.0 Å². The first-order valence-corrected chi connectivity index (χ1v) is 9.85. The van der Waals surface area contributed by atoms with E-state index in [2.05, 4.69) is 15.4 Å². The van der Waals surface area contributed by atoms with E-state index >= 15 is 0 Å². The molecule has 0 aliphatic carbocycles. The molecule has 2 N–H and O–H groups in total. The molecule has 168 valence electrons. The second kappa shape index (κ2) is 9.88. The molecule has 0 fully saturated rings. The Morgan fingerprint density at radius 1 is 1.31 bits per heavy atom. The largest absolute Gasteiger partial charge is 0.449 e. The van der Waals surface area contributed by atoms with Gasteiger partial charge in [0, 0.05) is 24.5 Å². The molecule has 0 saturated carbocycles. The highest BCUT2D eigenvalue weighted by Gasteiger charge is 2.22. The van der Waals surface area contributed by atoms with Crippen molar-refractivity contribution in [2.75, 3.05) is 23.4 Å². The first kappa shape index (κ1) is 22.7. The zero-order valence-electron chi connectivity index (χ0n) is 17.9. The van der Waals surface area contributed by atoms with Gasteiger partial charge < -0.3 is 20.1 Å². The van der Waals surface area contributed by atoms with Gasteiger partial charge in [-0.15, -0.1) is 0 Å². The Balaban J connectivity index is 1.68. The van der Waals surface area contributed by atoms with Crippen molar-refractivity contribution in [3.63, 3.8) is 0 Å². The van der Waals surface area contributed by atoms with E-state index in [4.69, 9.17) is 4.74 Å². The van der Waals surface area contributed by atoms with Crippen LogP contribution in [0.1, 0.15) is 12.7 Å². The van der Waals surface area contributed by atoms with Gasteiger partial charge in [0.2, 0.25) is 6.41 Å². The Bertz CT molecular complexity index is 1120. The van der Waals surface area contributed by atoms with Crippen molar-refractivity contribution in [1.82, 2.24) is 19.3 Å². The molecule has 0 unspecified atom stereocenters. The minimum Gasteiger partial charge on any atom is -0.449 e. The van der Waals surface area contributed by atoms with Crippen molar-refractivity contribution in [2.24, 2.45) is 7.05 Å². The molecule has 3 aromatic rings. The number of amides is 2. The number of aromatic nitrogens is 4. The molecule has 3 rings (SSSR count). The van der Waals surface area contributed by atoms with Gasteiger partial charge in [-0.1, -0.05) is 12.1 Å². The third kappa shape index (κ3) is 5.19. The topological polar surface area (TPSA) is 132 Å². The van der Waals surface area contributed by atoms with Crippen LogP contribution < -0.4 is 10.2 Å². The molecule has 0 aliphatic rings. The summed E-state index contributed by atoms with van der Waals surface area (Å²) in [6, 6.07) is 7.10. The molecule has 0 spiro atoms. The third-order valence-corrected chi connectivity index (χ3v) is 4.61. The van der Waals surface area contributed by atoms with Gasteiger partial charge in [0.15, 0.2) is 11.9 Å². The van der Waals surface area contributed by atoms with Gasteiger partial charge in [-0.05, 0) is 31.5 Å². The first-order valence-electron chi connectivity index (χ1n) is 9.85. The second-order valence-corrected chi connectivity index (χ2v) is 6.96. The molecule has 1 aromatic carbocycles. The van der Waals surface area contributed by atoms with Gasteiger partial charge in [0.25, 0.3) is 5.91 Å². The maximum Gasteiger partial charge on any atom is 0.419 e. The summed E-state index contributed by atoms with van der Waals surface area (Å²) < 4.78 is 7.72. The fourth-order valence-corrected chi connectivity index (χ4v) is 3.03. The summed E-state index contributed by atoms with van der Waals surface area (Å²) in [5, 5.41) is 16.9. The average Bonchev–Trinajstić information content (AvgIpc) is 3.37. The number of ether oxygens (including phenoxy) is 1. The van der Waals surface area contributed by atoms with E-state index in [1.165, 1.54) is 11.1 Å². The molecule has 11 nitrogen and oxygen atoms in total. The maximum absolute atomic E-state index is 12.4. The lowest BCUT2D eigenvalue weighted by Crippen LogP contribution is -2.39. The number of nitrogens with one attached hydrogen (secondary N) is 1. The number of hydrogen-bond acceptors (Lipinski definition) is 7. The van der Waals surface area contributed by atoms with Crippen LogP contribution in [0.5, 0.6) is 0 Å². The summed E-state index contributed by atoms with van der Waals surface area (Å²) in [6.45, 7) is 3.17. The molecule has 2 heterocycles. The number of nitrogens with zero attached hydrogens (tertiary/aromatic N) is 5. The molecule has 2 aromatic heterocycles. The van der Waals surface area contributed by atoms with Crippen molar-refractivity contribution in [3.05, 3.63) is 48.7 Å². The van der Waals surface area contributed by atoms with Gasteiger partial charge in [-0.3, -0.25) is 14.3 Å². The minimum atomic E-state index is -1.53. The quantitative estimate of drug-likeness (QED) is 0.508. The maximum atomic E-state index is 12.4. The third-order valence-electron chi connectivity index (χ3n) is 4.61. The van der Waals surface area contributed by atoms with Crippen LogP contribution in [-0.2, 0) is 21.4 Å². The van der Waals surface area contributed by atoms with Crippen LogP contribution in [0.15, 0.2) is 42.9 Å². The van der Waals surface area contributed by atoms with E-state index < -0.39 is 18.1 Å². The molecule has 0 saturated heterocycles. The first-order chi connectivity index (χ1) is 15.3. The number of aliphatic hydroxyl groups excluding tert-OH is 1. The summed E-state index contributed by atoms with van der Waals surface area (Å²) in [7, 11) is 1.80. The summed E-state index contributed by atoms with van der Waals surface area (Å²) in [6.07, 6.45) is 3.22. The van der Waals surface area contributed by atoms with Gasteiger partial charge in [-0.25, -0.2) is 14.3 Å². The number of aliphatic hydroxyl groups is 1. The van der Waals surface area contributed by atoms with E-state index in [1.807, 2.05) is 12.3 Å². The van der Waals surface area contributed by atoms with Crippen molar-refractivity contribution < 1.29 is 24.2 Å². The Morgan fingerprint density at radius 3 is 2.75 bits per heavy atom. The number of benzene rings is 1. The second-order valence-electron chi connectivity index (χ2n) is 6.96. The summed E-state index contributed by atoms with van der Waals surface area (Å²) in [5.41, 5.74) is 2.21. The lowest BCUT2D eigenvalue weighted by atomic mass is 10.1. The van der Waals surface area contributed by atoms with Crippen LogP contribution in [0.25, 0.3) is 11.1 Å². The van der Waals surface area contributed by atoms with Gasteiger partial charge in [0.1, 0.15) is 5.82 Å². The Morgan fingerprint density at radius 2 is 2.09 bits per heavy atom. The van der Waals surface area contributed by atoms with E-state index in [9.17, 15) is 19.5 Å². The van der Waals surface area contributed by atoms with E-state index in [0.29, 0.717) is 17.9 Å². The number of carbonyl (C=O) groups excluding carboxylic acids is 3. The van der Waals surface area contributed by atoms with Gasteiger partial charge in [-0.2, -0.15) is 5.10 Å². The Hall–Kier alpha value is -3.99. The van der Waals surface area contributed by atoms with Crippen LogP contribution in [0.3, 0.4) is 0 Å². The predicted molar refractivity (Wildman–Crippen MR) is 116 cm³/mol. The van der Waals surface area contributed by atoms with Crippen molar-refractivity contribution in [3.8, 4) is 11.1 Å². The molecule has 0 radical (unpaired) electrons. The highest BCUT2D eigenvalue weighted by atomic mass is 16.5. The molecular formula is C21H24N6O5. The zero-order valence-corrected chi connectivity index (χ0v) is 17.9. The number of aryl methyl sites for hydroxylation is 2. The summed E-state index contributed by atoms with van der Waals surface area (Å²) in [4.78, 5) is 41.2. The fourth-order valence-electron chi connectivity index (χ4n) is 3.03. The Kier molecular flexibility index (Phi) is 7.00. The van der Waals surface area contributed by atoms with Crippen molar-refractivity contribution in [2.45, 2.75) is 20.0 Å². The number of carbonyl (C=O) groups is 3. The van der Waals surface area contributed by atoms with Crippen LogP contribution in [0, 0.1) is 6.92 Å². The number of hydrogen-bond donors (Lipinski definition) is 2. The van der Waals surface area contributed by atoms with E-state index in [-0.39, 0.29) is 19.0 Å². The molecular weight excluding hydrogens is 416 g/mol. The normalized spacial score (nSPS) is 11.6. The highest BCUT2D eigenvalue weighted by molar-refractivity contribution is 5.94. The van der Waals surface area contributed by atoms with Gasteiger partial charge >= 0.3 is 6.09 Å². The minimum absolute atomic E-state index is 0.0795. The fraction of sp³-hybridized carbons (Fsp3) is 0.286. The lowest BCUT2D eigenvalue weighted by molar-refractivity contribution is -0.123. The standard InChI is InChI=1S/C21H24N6O5/c1-4-32-21(31)27-12-19(23-14(27)2)24-20(30)18(29)11-26(13-28)17-7-5-6-15(8-17)16-9-22-25(3)10-16/h5-10,12-13,18,29H,4,11H2,1-3H3,(H,24,30)/t18-/m0/s1. The molecule has 32 heavy (non-hydrogen) atoms. The molecule has 0 aliphatic heterocycles. The predicted octanol–water partition coefficient (Wildman–Crippen LogP) is 1.56. The number of anilines is 2. The van der Waals surface area contributed by atoms with Crippen LogP contribution >= 0.6 is 0 Å². The van der Waals surface area contributed by atoms with Crippen LogP contribution in [-0.4, -0.2) is 62.1 Å². The molecule has 0 bridgehead atoms. The summed E-state index contributed by atoms with van der Waals surface area (Å²) >= 11 is 0. The number of rotatable bonds is 8. The van der Waals surface area contributed by atoms with Crippen LogP contribution in [0.4, 0.5) is 16.3 Å².